The van der Waals surface area contributed by atoms with Crippen molar-refractivity contribution in [3.63, 3.8) is 0 Å². The van der Waals surface area contributed by atoms with Crippen molar-refractivity contribution in [3.05, 3.63) is 20.2 Å². The predicted molar refractivity (Wildman–Crippen MR) is 37.6 cm³/mol. The first-order chi connectivity index (χ1) is 6.09. The van der Waals surface area contributed by atoms with Gasteiger partial charge in [-0.05, 0) is 19.3 Å². The van der Waals surface area contributed by atoms with E-state index in [9.17, 15) is 20.2 Å². The summed E-state index contributed by atoms with van der Waals surface area (Å²) in [4.78, 5) is 28.3. The maximum atomic E-state index is 9.94. The monoisotopic (exact) mass is 192 g/mol. The second-order valence-electron chi connectivity index (χ2n) is 2.67. The van der Waals surface area contributed by atoms with Crippen LogP contribution in [-0.2, 0) is 9.68 Å². The normalized spacial score (nSPS) is 26.8. The molecule has 0 N–H and O–H groups in total. The Bertz CT molecular complexity index is 197. The van der Waals surface area contributed by atoms with Gasteiger partial charge in [-0.25, -0.2) is 0 Å². The van der Waals surface area contributed by atoms with Gasteiger partial charge in [0, 0.05) is 0 Å². The van der Waals surface area contributed by atoms with Crippen LogP contribution in [0.25, 0.3) is 0 Å². The fourth-order valence-electron chi connectivity index (χ4n) is 1.35. The topological polar surface area (TPSA) is 105 Å². The molecule has 1 rings (SSSR count). The first-order valence-corrected chi connectivity index (χ1v) is 3.72. The van der Waals surface area contributed by atoms with Crippen LogP contribution in [0.4, 0.5) is 0 Å². The quantitative estimate of drug-likeness (QED) is 0.469. The van der Waals surface area contributed by atoms with Crippen molar-refractivity contribution in [3.8, 4) is 0 Å². The van der Waals surface area contributed by atoms with Crippen LogP contribution in [0, 0.1) is 20.2 Å². The summed E-state index contributed by atoms with van der Waals surface area (Å²) in [5.74, 6) is 0. The van der Waals surface area contributed by atoms with E-state index >= 15 is 0 Å². The van der Waals surface area contributed by atoms with Gasteiger partial charge in [0.05, 0.1) is 0 Å². The van der Waals surface area contributed by atoms with Crippen LogP contribution in [0.15, 0.2) is 0 Å². The fourth-order valence-corrected chi connectivity index (χ4v) is 1.35. The zero-order chi connectivity index (χ0) is 9.84. The maximum Gasteiger partial charge on any atom is 0.294 e. The van der Waals surface area contributed by atoms with Gasteiger partial charge >= 0.3 is 0 Å². The van der Waals surface area contributed by atoms with E-state index in [0.717, 1.165) is 0 Å². The molecule has 0 saturated heterocycles. The van der Waals surface area contributed by atoms with E-state index in [2.05, 4.69) is 9.68 Å². The minimum atomic E-state index is -0.952. The Morgan fingerprint density at radius 3 is 1.69 bits per heavy atom. The first-order valence-electron chi connectivity index (χ1n) is 3.72. The van der Waals surface area contributed by atoms with Crippen molar-refractivity contribution in [2.24, 2.45) is 0 Å². The summed E-state index contributed by atoms with van der Waals surface area (Å²) in [5.41, 5.74) is 0. The van der Waals surface area contributed by atoms with E-state index in [0.29, 0.717) is 19.3 Å². The molecule has 8 nitrogen and oxygen atoms in total. The average molecular weight is 192 g/mol. The summed E-state index contributed by atoms with van der Waals surface area (Å²) >= 11 is 0. The van der Waals surface area contributed by atoms with Crippen molar-refractivity contribution in [2.75, 3.05) is 0 Å². The first kappa shape index (κ1) is 9.49. The SMILES string of the molecule is O=[N+]([O-])OC1CCCC1O[N+](=O)[O-]. The number of nitrogens with zero attached hydrogens (tertiary/aromatic N) is 2. The summed E-state index contributed by atoms with van der Waals surface area (Å²) in [7, 11) is 0. The fraction of sp³-hybridized carbons (Fsp3) is 1.00. The van der Waals surface area contributed by atoms with Crippen LogP contribution in [0.2, 0.25) is 0 Å². The molecule has 0 aromatic rings. The summed E-state index contributed by atoms with van der Waals surface area (Å²) in [5, 5.41) is 18.0. The molecule has 1 aliphatic carbocycles. The van der Waals surface area contributed by atoms with E-state index < -0.39 is 22.4 Å². The minimum absolute atomic E-state index is 0.416. The molecular formula is C5H8N2O6. The van der Waals surface area contributed by atoms with Gasteiger partial charge in [0.2, 0.25) is 0 Å². The molecule has 0 spiro atoms. The van der Waals surface area contributed by atoms with Gasteiger partial charge in [-0.3, -0.25) is 0 Å². The number of hydrogen-bond donors (Lipinski definition) is 0. The smallest absolute Gasteiger partial charge is 0.294 e. The standard InChI is InChI=1S/C5H8N2O6/c8-6(9)12-4-2-1-3-5(4)13-7(10)11/h4-5H,1-3H2. The van der Waals surface area contributed by atoms with E-state index in [1.165, 1.54) is 0 Å². The molecule has 1 aliphatic rings. The Morgan fingerprint density at radius 2 is 1.38 bits per heavy atom. The lowest BCUT2D eigenvalue weighted by Gasteiger charge is -2.14. The van der Waals surface area contributed by atoms with Gasteiger partial charge < -0.3 is 9.68 Å². The zero-order valence-corrected chi connectivity index (χ0v) is 6.62. The lowest BCUT2D eigenvalue weighted by atomic mass is 10.3. The molecule has 8 heteroatoms. The Kier molecular flexibility index (Phi) is 2.83. The van der Waals surface area contributed by atoms with E-state index in [1.807, 2.05) is 0 Å². The van der Waals surface area contributed by atoms with Gasteiger partial charge in [-0.1, -0.05) is 0 Å². The largest absolute Gasteiger partial charge is 0.308 e. The predicted octanol–water partition coefficient (Wildman–Crippen LogP) is 0.324. The lowest BCUT2D eigenvalue weighted by molar-refractivity contribution is -0.797. The summed E-state index contributed by atoms with van der Waals surface area (Å²) in [6.07, 6.45) is -0.142. The van der Waals surface area contributed by atoms with Gasteiger partial charge in [-0.2, -0.15) is 0 Å². The highest BCUT2D eigenvalue weighted by Gasteiger charge is 2.33. The molecule has 0 bridgehead atoms. The molecule has 1 fully saturated rings. The third-order valence-electron chi connectivity index (χ3n) is 1.83. The van der Waals surface area contributed by atoms with E-state index in [1.54, 1.807) is 0 Å². The lowest BCUT2D eigenvalue weighted by Crippen LogP contribution is -2.30. The van der Waals surface area contributed by atoms with Gasteiger partial charge in [0.25, 0.3) is 10.2 Å². The van der Waals surface area contributed by atoms with Crippen molar-refractivity contribution in [1.29, 1.82) is 0 Å². The highest BCUT2D eigenvalue weighted by atomic mass is 17.0. The Balaban J connectivity index is 2.43. The molecule has 2 unspecified atom stereocenters. The van der Waals surface area contributed by atoms with Crippen molar-refractivity contribution in [1.82, 2.24) is 0 Å². The number of rotatable bonds is 4. The number of hydrogen-bond acceptors (Lipinski definition) is 6. The minimum Gasteiger partial charge on any atom is -0.308 e. The summed E-state index contributed by atoms with van der Waals surface area (Å²) in [6, 6.07) is 0. The summed E-state index contributed by atoms with van der Waals surface area (Å²) < 4.78 is 0. The van der Waals surface area contributed by atoms with Gasteiger partial charge in [-0.15, -0.1) is 20.2 Å². The molecule has 74 valence electrons. The molecule has 0 aliphatic heterocycles. The van der Waals surface area contributed by atoms with Crippen molar-refractivity contribution >= 4 is 0 Å². The molecule has 0 aromatic heterocycles. The van der Waals surface area contributed by atoms with Gasteiger partial charge in [0.15, 0.2) is 0 Å². The van der Waals surface area contributed by atoms with Crippen LogP contribution in [0.1, 0.15) is 19.3 Å². The molecule has 1 saturated carbocycles. The van der Waals surface area contributed by atoms with Gasteiger partial charge in [0.1, 0.15) is 12.2 Å². The zero-order valence-electron chi connectivity index (χ0n) is 6.62. The summed E-state index contributed by atoms with van der Waals surface area (Å²) in [6.45, 7) is 0. The molecule has 0 heterocycles. The highest BCUT2D eigenvalue weighted by Crippen LogP contribution is 2.24. The Hall–Kier alpha value is -1.60. The van der Waals surface area contributed by atoms with E-state index in [4.69, 9.17) is 0 Å². The Labute approximate surface area is 72.6 Å². The average Bonchev–Trinajstić information content (AvgIpc) is 2.34. The molecule has 0 aromatic carbocycles. The van der Waals surface area contributed by atoms with Crippen LogP contribution in [-0.4, -0.2) is 22.4 Å². The molecule has 0 amide bonds. The van der Waals surface area contributed by atoms with Crippen molar-refractivity contribution in [2.45, 2.75) is 31.5 Å². The second kappa shape index (κ2) is 3.87. The van der Waals surface area contributed by atoms with Crippen LogP contribution in [0.5, 0.6) is 0 Å². The Morgan fingerprint density at radius 1 is 1.00 bits per heavy atom. The molecule has 13 heavy (non-hydrogen) atoms. The third-order valence-corrected chi connectivity index (χ3v) is 1.83. The third kappa shape index (κ3) is 2.73. The molecule has 2 atom stereocenters. The molecular weight excluding hydrogens is 184 g/mol. The molecule has 0 radical (unpaired) electrons. The maximum absolute atomic E-state index is 9.94. The van der Waals surface area contributed by atoms with Crippen LogP contribution < -0.4 is 0 Å². The second-order valence-corrected chi connectivity index (χ2v) is 2.67. The highest BCUT2D eigenvalue weighted by molar-refractivity contribution is 4.76. The van der Waals surface area contributed by atoms with Crippen molar-refractivity contribution < 1.29 is 19.8 Å². The van der Waals surface area contributed by atoms with Crippen LogP contribution in [0.3, 0.4) is 0 Å². The van der Waals surface area contributed by atoms with E-state index in [-0.39, 0.29) is 0 Å². The van der Waals surface area contributed by atoms with Crippen LogP contribution >= 0.6 is 0 Å².